The number of aliphatic hydroxyl groups excluding tert-OH is 1. The molecule has 2 aliphatic carbocycles. The second-order valence-corrected chi connectivity index (χ2v) is 6.34. The molecule has 1 aliphatic heterocycles. The van der Waals surface area contributed by atoms with E-state index in [1.54, 1.807) is 11.8 Å². The van der Waals surface area contributed by atoms with Gasteiger partial charge in [-0.3, -0.25) is 9.69 Å². The lowest BCUT2D eigenvalue weighted by atomic mass is 9.93. The largest absolute Gasteiger partial charge is 0.384 e. The van der Waals surface area contributed by atoms with E-state index in [1.807, 2.05) is 0 Å². The third kappa shape index (κ3) is 2.70. The van der Waals surface area contributed by atoms with Crippen LogP contribution < -0.4 is 0 Å². The lowest BCUT2D eigenvalue weighted by Gasteiger charge is -2.37. The Balaban J connectivity index is 1.46. The van der Waals surface area contributed by atoms with Gasteiger partial charge in [-0.25, -0.2) is 0 Å². The van der Waals surface area contributed by atoms with Gasteiger partial charge in [-0.05, 0) is 37.5 Å². The van der Waals surface area contributed by atoms with Crippen LogP contribution in [0.15, 0.2) is 12.2 Å². The Labute approximate surface area is 115 Å². The Morgan fingerprint density at radius 2 is 2.00 bits per heavy atom. The molecule has 19 heavy (non-hydrogen) atoms. The Hall–Kier alpha value is -0.870. The summed E-state index contributed by atoms with van der Waals surface area (Å²) in [7, 11) is 0. The molecule has 4 heteroatoms. The molecule has 0 aromatic rings. The molecule has 0 radical (unpaired) electrons. The van der Waals surface area contributed by atoms with E-state index in [4.69, 9.17) is 0 Å². The molecule has 1 heterocycles. The van der Waals surface area contributed by atoms with Gasteiger partial charge in [0.25, 0.3) is 5.91 Å². The number of hydrogen-bond donors (Lipinski definition) is 1. The van der Waals surface area contributed by atoms with Crippen LogP contribution in [0.25, 0.3) is 0 Å². The van der Waals surface area contributed by atoms with Crippen molar-refractivity contribution in [2.24, 2.45) is 17.8 Å². The topological polar surface area (TPSA) is 43.8 Å². The summed E-state index contributed by atoms with van der Waals surface area (Å²) in [5.74, 6) is 2.35. The first kappa shape index (κ1) is 13.1. The van der Waals surface area contributed by atoms with Crippen LogP contribution in [0.4, 0.5) is 0 Å². The van der Waals surface area contributed by atoms with Gasteiger partial charge in [0.1, 0.15) is 6.10 Å². The Morgan fingerprint density at radius 1 is 1.26 bits per heavy atom. The number of hydrogen-bond acceptors (Lipinski definition) is 3. The second-order valence-electron chi connectivity index (χ2n) is 6.34. The lowest BCUT2D eigenvalue weighted by Crippen LogP contribution is -2.52. The van der Waals surface area contributed by atoms with Crippen molar-refractivity contribution in [2.75, 3.05) is 32.7 Å². The number of fused-ring (bicyclic) bond motifs is 2. The van der Waals surface area contributed by atoms with E-state index in [0.717, 1.165) is 43.9 Å². The minimum absolute atomic E-state index is 0.123. The van der Waals surface area contributed by atoms with Gasteiger partial charge in [-0.15, -0.1) is 0 Å². The minimum atomic E-state index is -0.859. The van der Waals surface area contributed by atoms with Crippen LogP contribution in [-0.4, -0.2) is 59.6 Å². The fourth-order valence-corrected chi connectivity index (χ4v) is 3.85. The van der Waals surface area contributed by atoms with E-state index < -0.39 is 6.10 Å². The van der Waals surface area contributed by atoms with Gasteiger partial charge in [0, 0.05) is 32.7 Å². The third-order valence-corrected chi connectivity index (χ3v) is 4.95. The number of piperazine rings is 1. The van der Waals surface area contributed by atoms with E-state index in [0.29, 0.717) is 0 Å². The van der Waals surface area contributed by atoms with Crippen molar-refractivity contribution in [1.82, 2.24) is 9.80 Å². The zero-order valence-corrected chi connectivity index (χ0v) is 11.7. The van der Waals surface area contributed by atoms with Gasteiger partial charge >= 0.3 is 0 Å². The number of allylic oxidation sites excluding steroid dienone is 2. The highest BCUT2D eigenvalue weighted by molar-refractivity contribution is 5.80. The first-order valence-electron chi connectivity index (χ1n) is 7.51. The number of amides is 1. The van der Waals surface area contributed by atoms with Gasteiger partial charge < -0.3 is 10.0 Å². The van der Waals surface area contributed by atoms with Crippen LogP contribution in [0, 0.1) is 17.8 Å². The Bertz CT molecular complexity index is 372. The van der Waals surface area contributed by atoms with E-state index >= 15 is 0 Å². The van der Waals surface area contributed by atoms with Crippen LogP contribution in [0.2, 0.25) is 0 Å². The number of aliphatic hydroxyl groups is 1. The molecule has 106 valence electrons. The predicted octanol–water partition coefficient (Wildman–Crippen LogP) is 0.724. The minimum Gasteiger partial charge on any atom is -0.384 e. The van der Waals surface area contributed by atoms with E-state index in [9.17, 15) is 9.90 Å². The normalized spacial score (nSPS) is 35.9. The fraction of sp³-hybridized carbons (Fsp3) is 0.800. The van der Waals surface area contributed by atoms with Gasteiger partial charge in [0.2, 0.25) is 0 Å². The average molecular weight is 264 g/mol. The molecule has 4 nitrogen and oxygen atoms in total. The van der Waals surface area contributed by atoms with Crippen molar-refractivity contribution >= 4 is 5.91 Å². The standard InChI is InChI=1S/C15H24N2O2/c1-11(18)15(19)17-6-4-16(5-7-17)10-14-9-12-2-3-13(14)8-12/h2-3,11-14,18H,4-10H2,1H3. The summed E-state index contributed by atoms with van der Waals surface area (Å²) in [6.07, 6.45) is 6.66. The summed E-state index contributed by atoms with van der Waals surface area (Å²) >= 11 is 0. The summed E-state index contributed by atoms with van der Waals surface area (Å²) in [4.78, 5) is 16.0. The molecule has 3 aliphatic rings. The van der Waals surface area contributed by atoms with E-state index in [-0.39, 0.29) is 5.91 Å². The number of rotatable bonds is 3. The van der Waals surface area contributed by atoms with E-state index in [2.05, 4.69) is 17.1 Å². The summed E-state index contributed by atoms with van der Waals surface area (Å²) in [5.41, 5.74) is 0. The highest BCUT2D eigenvalue weighted by atomic mass is 16.3. The molecule has 1 saturated heterocycles. The maximum absolute atomic E-state index is 11.7. The van der Waals surface area contributed by atoms with Crippen molar-refractivity contribution < 1.29 is 9.90 Å². The van der Waals surface area contributed by atoms with Crippen LogP contribution in [0.5, 0.6) is 0 Å². The summed E-state index contributed by atoms with van der Waals surface area (Å²) in [6, 6.07) is 0. The van der Waals surface area contributed by atoms with Gasteiger partial charge in [0.05, 0.1) is 0 Å². The molecule has 1 amide bonds. The molecule has 2 fully saturated rings. The van der Waals surface area contributed by atoms with Crippen molar-refractivity contribution in [3.05, 3.63) is 12.2 Å². The number of nitrogens with zero attached hydrogens (tertiary/aromatic N) is 2. The molecule has 3 rings (SSSR count). The van der Waals surface area contributed by atoms with Crippen molar-refractivity contribution in [3.63, 3.8) is 0 Å². The SMILES string of the molecule is CC(O)C(=O)N1CCN(CC2CC3C=CC2C3)CC1. The van der Waals surface area contributed by atoms with Gasteiger partial charge in [-0.1, -0.05) is 12.2 Å². The highest BCUT2D eigenvalue weighted by Gasteiger charge is 2.36. The van der Waals surface area contributed by atoms with Gasteiger partial charge in [-0.2, -0.15) is 0 Å². The molecule has 4 atom stereocenters. The summed E-state index contributed by atoms with van der Waals surface area (Å²) < 4.78 is 0. The lowest BCUT2D eigenvalue weighted by molar-refractivity contribution is -0.141. The zero-order valence-electron chi connectivity index (χ0n) is 11.7. The van der Waals surface area contributed by atoms with Crippen LogP contribution in [0.1, 0.15) is 19.8 Å². The van der Waals surface area contributed by atoms with Crippen molar-refractivity contribution in [3.8, 4) is 0 Å². The van der Waals surface area contributed by atoms with Crippen molar-refractivity contribution in [1.29, 1.82) is 0 Å². The number of carbonyl (C=O) groups excluding carboxylic acids is 1. The second kappa shape index (κ2) is 5.25. The molecule has 1 N–H and O–H groups in total. The third-order valence-electron chi connectivity index (χ3n) is 4.95. The maximum atomic E-state index is 11.7. The first-order valence-corrected chi connectivity index (χ1v) is 7.51. The molecule has 4 unspecified atom stereocenters. The molecular formula is C15H24N2O2. The molecule has 2 bridgehead atoms. The summed E-state index contributed by atoms with van der Waals surface area (Å²) in [5, 5.41) is 9.33. The smallest absolute Gasteiger partial charge is 0.251 e. The highest BCUT2D eigenvalue weighted by Crippen LogP contribution is 2.43. The van der Waals surface area contributed by atoms with Crippen LogP contribution in [-0.2, 0) is 4.79 Å². The van der Waals surface area contributed by atoms with E-state index in [1.165, 1.54) is 19.4 Å². The van der Waals surface area contributed by atoms with Crippen LogP contribution >= 0.6 is 0 Å². The quantitative estimate of drug-likeness (QED) is 0.764. The monoisotopic (exact) mass is 264 g/mol. The first-order chi connectivity index (χ1) is 9.13. The van der Waals surface area contributed by atoms with Crippen molar-refractivity contribution in [2.45, 2.75) is 25.9 Å². The summed E-state index contributed by atoms with van der Waals surface area (Å²) in [6.45, 7) is 6.17. The predicted molar refractivity (Wildman–Crippen MR) is 73.5 cm³/mol. The maximum Gasteiger partial charge on any atom is 0.251 e. The Kier molecular flexibility index (Phi) is 3.63. The number of carbonyl (C=O) groups is 1. The average Bonchev–Trinajstić information content (AvgIpc) is 3.01. The zero-order chi connectivity index (χ0) is 13.4. The molecule has 0 spiro atoms. The molecule has 0 aromatic heterocycles. The van der Waals surface area contributed by atoms with Gasteiger partial charge in [0.15, 0.2) is 0 Å². The molecule has 0 aromatic carbocycles. The Morgan fingerprint density at radius 3 is 2.53 bits per heavy atom. The molecular weight excluding hydrogens is 240 g/mol. The fourth-order valence-electron chi connectivity index (χ4n) is 3.85. The van der Waals surface area contributed by atoms with Crippen LogP contribution in [0.3, 0.4) is 0 Å². The molecule has 1 saturated carbocycles.